The fourth-order valence-electron chi connectivity index (χ4n) is 1.32. The van der Waals surface area contributed by atoms with E-state index in [2.05, 4.69) is 5.32 Å². The zero-order valence-electron chi connectivity index (χ0n) is 12.6. The van der Waals surface area contributed by atoms with Crippen LogP contribution in [0.1, 0.15) is 34.1 Å². The van der Waals surface area contributed by atoms with Crippen LogP contribution in [0.4, 0.5) is 4.79 Å². The highest BCUT2D eigenvalue weighted by atomic mass is 16.6. The molecule has 0 saturated heterocycles. The van der Waals surface area contributed by atoms with Crippen molar-refractivity contribution in [3.8, 4) is 0 Å². The predicted molar refractivity (Wildman–Crippen MR) is 73.0 cm³/mol. The van der Waals surface area contributed by atoms with Gasteiger partial charge >= 0.3 is 6.09 Å². The number of carbonyl (C=O) groups excluding carboxylic acids is 2. The molecule has 0 rings (SSSR count). The quantitative estimate of drug-likeness (QED) is 0.762. The normalized spacial score (nSPS) is 11.0. The Labute approximate surface area is 115 Å². The molecule has 6 heteroatoms. The van der Waals surface area contributed by atoms with Crippen molar-refractivity contribution in [2.75, 3.05) is 33.4 Å². The van der Waals surface area contributed by atoms with E-state index in [9.17, 15) is 9.59 Å². The van der Waals surface area contributed by atoms with Gasteiger partial charge < -0.3 is 19.7 Å². The number of hydrogen-bond donors (Lipinski definition) is 1. The number of nitrogens with one attached hydrogen (secondary N) is 1. The molecule has 1 N–H and O–H groups in total. The maximum atomic E-state index is 11.8. The summed E-state index contributed by atoms with van der Waals surface area (Å²) in [5.41, 5.74) is -0.508. The van der Waals surface area contributed by atoms with Crippen LogP contribution in [0, 0.1) is 0 Å². The summed E-state index contributed by atoms with van der Waals surface area (Å²) in [5, 5.41) is 2.73. The van der Waals surface area contributed by atoms with E-state index in [4.69, 9.17) is 9.47 Å². The first-order valence-electron chi connectivity index (χ1n) is 6.53. The molecule has 0 unspecified atom stereocenters. The number of hydrogen-bond acceptors (Lipinski definition) is 4. The van der Waals surface area contributed by atoms with Gasteiger partial charge in [-0.15, -0.1) is 0 Å². The zero-order chi connectivity index (χ0) is 14.9. The van der Waals surface area contributed by atoms with Gasteiger partial charge in [0.1, 0.15) is 5.60 Å². The monoisotopic (exact) mass is 274 g/mol. The van der Waals surface area contributed by atoms with E-state index < -0.39 is 5.60 Å². The summed E-state index contributed by atoms with van der Waals surface area (Å²) >= 11 is 0. The lowest BCUT2D eigenvalue weighted by Gasteiger charge is -2.26. The summed E-state index contributed by atoms with van der Waals surface area (Å²) in [4.78, 5) is 24.7. The van der Waals surface area contributed by atoms with Crippen LogP contribution in [0.15, 0.2) is 0 Å². The molecule has 0 aromatic heterocycles. The van der Waals surface area contributed by atoms with E-state index in [1.807, 2.05) is 27.7 Å². The van der Waals surface area contributed by atoms with Crippen LogP contribution in [0.3, 0.4) is 0 Å². The van der Waals surface area contributed by atoms with Gasteiger partial charge in [-0.3, -0.25) is 4.79 Å². The van der Waals surface area contributed by atoms with E-state index in [1.54, 1.807) is 12.0 Å². The number of rotatable bonds is 7. The average molecular weight is 274 g/mol. The van der Waals surface area contributed by atoms with Crippen LogP contribution in [0.5, 0.6) is 0 Å². The molecule has 0 aromatic carbocycles. The van der Waals surface area contributed by atoms with Gasteiger partial charge in [-0.1, -0.05) is 0 Å². The van der Waals surface area contributed by atoms with Gasteiger partial charge in [0.15, 0.2) is 0 Å². The summed E-state index contributed by atoms with van der Waals surface area (Å²) in [6, 6.07) is 0. The molecule has 0 bridgehead atoms. The lowest BCUT2D eigenvalue weighted by molar-refractivity contribution is -0.122. The Hall–Kier alpha value is -1.30. The molecule has 0 aromatic rings. The minimum Gasteiger partial charge on any atom is -0.444 e. The lowest BCUT2D eigenvalue weighted by Crippen LogP contribution is -2.41. The van der Waals surface area contributed by atoms with E-state index >= 15 is 0 Å². The maximum Gasteiger partial charge on any atom is 0.410 e. The van der Waals surface area contributed by atoms with Crippen molar-refractivity contribution in [1.82, 2.24) is 10.2 Å². The summed E-state index contributed by atoms with van der Waals surface area (Å²) in [7, 11) is 1.55. The topological polar surface area (TPSA) is 67.9 Å². The molecule has 19 heavy (non-hydrogen) atoms. The molecule has 0 fully saturated rings. The molecule has 2 amide bonds. The molecular formula is C13H26N2O4. The second-order valence-corrected chi connectivity index (χ2v) is 5.15. The number of ether oxygens (including phenoxy) is 2. The molecule has 0 aliphatic carbocycles. The van der Waals surface area contributed by atoms with Gasteiger partial charge in [0.2, 0.25) is 5.91 Å². The number of carbonyl (C=O) groups is 2. The average Bonchev–Trinajstić information content (AvgIpc) is 2.29. The van der Waals surface area contributed by atoms with Crippen molar-refractivity contribution in [3.05, 3.63) is 0 Å². The summed E-state index contributed by atoms with van der Waals surface area (Å²) in [6.07, 6.45) is -0.0316. The van der Waals surface area contributed by atoms with Crippen LogP contribution in [-0.4, -0.2) is 55.9 Å². The Morgan fingerprint density at radius 1 is 1.26 bits per heavy atom. The third-order valence-electron chi connectivity index (χ3n) is 2.27. The summed E-state index contributed by atoms with van der Waals surface area (Å²) < 4.78 is 10.1. The number of amides is 2. The highest BCUT2D eigenvalue weighted by Crippen LogP contribution is 2.09. The van der Waals surface area contributed by atoms with E-state index in [0.29, 0.717) is 32.7 Å². The Morgan fingerprint density at radius 2 is 1.89 bits per heavy atom. The predicted octanol–water partition coefficient (Wildman–Crippen LogP) is 1.40. The van der Waals surface area contributed by atoms with Crippen LogP contribution in [-0.2, 0) is 14.3 Å². The molecule has 112 valence electrons. The fourth-order valence-corrected chi connectivity index (χ4v) is 1.32. The Kier molecular flexibility index (Phi) is 8.14. The molecule has 0 radical (unpaired) electrons. The highest BCUT2D eigenvalue weighted by Gasteiger charge is 2.20. The third-order valence-corrected chi connectivity index (χ3v) is 2.27. The Morgan fingerprint density at radius 3 is 2.37 bits per heavy atom. The lowest BCUT2D eigenvalue weighted by atomic mass is 10.2. The van der Waals surface area contributed by atoms with Gasteiger partial charge in [0.05, 0.1) is 6.61 Å². The first-order chi connectivity index (χ1) is 8.80. The van der Waals surface area contributed by atoms with E-state index in [0.717, 1.165) is 0 Å². The molecule has 0 heterocycles. The van der Waals surface area contributed by atoms with Crippen molar-refractivity contribution in [2.24, 2.45) is 0 Å². The summed E-state index contributed by atoms with van der Waals surface area (Å²) in [5.74, 6) is -0.0814. The molecule has 0 aliphatic heterocycles. The fraction of sp³-hybridized carbons (Fsp3) is 0.846. The minimum absolute atomic E-state index is 0.0814. The smallest absolute Gasteiger partial charge is 0.410 e. The molecule has 6 nitrogen and oxygen atoms in total. The first kappa shape index (κ1) is 17.7. The van der Waals surface area contributed by atoms with Gasteiger partial charge in [0.25, 0.3) is 0 Å². The van der Waals surface area contributed by atoms with Crippen LogP contribution in [0.2, 0.25) is 0 Å². The van der Waals surface area contributed by atoms with Crippen LogP contribution in [0.25, 0.3) is 0 Å². The van der Waals surface area contributed by atoms with Crippen molar-refractivity contribution in [1.29, 1.82) is 0 Å². The zero-order valence-corrected chi connectivity index (χ0v) is 12.6. The van der Waals surface area contributed by atoms with Crippen molar-refractivity contribution in [3.63, 3.8) is 0 Å². The van der Waals surface area contributed by atoms with Gasteiger partial charge in [-0.05, 0) is 27.7 Å². The number of likely N-dealkylation sites (N-methyl/N-ethyl adjacent to an activating group) is 1. The Balaban J connectivity index is 4.00. The SMILES string of the molecule is CCN(CCNC(=O)CCOC)C(=O)OC(C)(C)C. The summed E-state index contributed by atoms with van der Waals surface area (Å²) in [6.45, 7) is 9.14. The molecule has 0 saturated carbocycles. The van der Waals surface area contributed by atoms with Crippen LogP contribution >= 0.6 is 0 Å². The second-order valence-electron chi connectivity index (χ2n) is 5.15. The maximum absolute atomic E-state index is 11.8. The number of methoxy groups -OCH3 is 1. The van der Waals surface area contributed by atoms with E-state index in [-0.39, 0.29) is 12.0 Å². The molecular weight excluding hydrogens is 248 g/mol. The van der Waals surface area contributed by atoms with Crippen molar-refractivity contribution < 1.29 is 19.1 Å². The third kappa shape index (κ3) is 9.30. The standard InChI is InChI=1S/C13H26N2O4/c1-6-15(12(17)19-13(2,3)4)9-8-14-11(16)7-10-18-5/h6-10H2,1-5H3,(H,14,16). The highest BCUT2D eigenvalue weighted by molar-refractivity contribution is 5.76. The largest absolute Gasteiger partial charge is 0.444 e. The minimum atomic E-state index is -0.508. The van der Waals surface area contributed by atoms with Crippen molar-refractivity contribution in [2.45, 2.75) is 39.7 Å². The van der Waals surface area contributed by atoms with Gasteiger partial charge in [-0.2, -0.15) is 0 Å². The molecule has 0 aliphatic rings. The second kappa shape index (κ2) is 8.74. The van der Waals surface area contributed by atoms with E-state index in [1.165, 1.54) is 0 Å². The first-order valence-corrected chi connectivity index (χ1v) is 6.53. The van der Waals surface area contributed by atoms with Crippen LogP contribution < -0.4 is 5.32 Å². The molecule has 0 atom stereocenters. The number of nitrogens with zero attached hydrogens (tertiary/aromatic N) is 1. The van der Waals surface area contributed by atoms with Gasteiger partial charge in [-0.25, -0.2) is 4.79 Å². The van der Waals surface area contributed by atoms with Gasteiger partial charge in [0, 0.05) is 33.2 Å². The Bertz CT molecular complexity index is 287. The van der Waals surface area contributed by atoms with Crippen molar-refractivity contribution >= 4 is 12.0 Å². The molecule has 0 spiro atoms.